The Morgan fingerprint density at radius 1 is 0.950 bits per heavy atom. The average molecular weight is 583 g/mol. The van der Waals surface area contributed by atoms with Gasteiger partial charge in [0.2, 0.25) is 0 Å². The van der Waals surface area contributed by atoms with Crippen molar-refractivity contribution in [2.24, 2.45) is 11.8 Å². The molecule has 1 rings (SSSR count). The molecule has 0 aliphatic carbocycles. The molecule has 40 heavy (non-hydrogen) atoms. The minimum absolute atomic E-state index is 0.0117. The van der Waals surface area contributed by atoms with Crippen LogP contribution < -0.4 is 9.62 Å². The smallest absolute Gasteiger partial charge is 0.371 e. The van der Waals surface area contributed by atoms with Crippen LogP contribution in [0.25, 0.3) is 5.57 Å². The molecule has 0 spiro atoms. The fourth-order valence-electron chi connectivity index (χ4n) is 4.41. The minimum atomic E-state index is -5.86. The number of unbranched alkanes of at least 4 members (excludes halogenated alkanes) is 2. The predicted molar refractivity (Wildman–Crippen MR) is 153 cm³/mol. The molecule has 0 heterocycles. The van der Waals surface area contributed by atoms with E-state index in [1.165, 1.54) is 12.1 Å². The number of nitrogens with one attached hydrogen (secondary N) is 1. The molecule has 11 heteroatoms. The van der Waals surface area contributed by atoms with Crippen molar-refractivity contribution in [2.75, 3.05) is 22.7 Å². The number of rotatable bonds is 17. The third-order valence-electron chi connectivity index (χ3n) is 7.21. The number of alkyl halides is 3. The summed E-state index contributed by atoms with van der Waals surface area (Å²) in [5, 5.41) is 19.6. The van der Waals surface area contributed by atoms with Crippen LogP contribution in [0.4, 0.5) is 24.5 Å². The van der Waals surface area contributed by atoms with Crippen LogP contribution in [0.5, 0.6) is 0 Å². The van der Waals surface area contributed by atoms with Crippen LogP contribution in [0.1, 0.15) is 91.5 Å². The van der Waals surface area contributed by atoms with Gasteiger partial charge >= 0.3 is 15.5 Å². The van der Waals surface area contributed by atoms with E-state index in [-0.39, 0.29) is 12.0 Å². The molecule has 1 N–H and O–H groups in total. The number of anilines is 2. The first-order chi connectivity index (χ1) is 18.8. The molecule has 222 valence electrons. The van der Waals surface area contributed by atoms with E-state index >= 15 is 0 Å². The fourth-order valence-corrected chi connectivity index (χ4v) is 4.98. The Morgan fingerprint density at radius 2 is 1.50 bits per heavy atom. The van der Waals surface area contributed by atoms with Crippen molar-refractivity contribution in [3.8, 4) is 12.1 Å². The van der Waals surface area contributed by atoms with E-state index in [9.17, 15) is 36.9 Å². The van der Waals surface area contributed by atoms with E-state index in [4.69, 9.17) is 0 Å². The summed E-state index contributed by atoms with van der Waals surface area (Å²) < 4.78 is 66.1. The second-order valence-corrected chi connectivity index (χ2v) is 11.6. The number of ketones is 1. The van der Waals surface area contributed by atoms with Crippen LogP contribution in [0.15, 0.2) is 23.8 Å². The Hall–Kier alpha value is -3.05. The zero-order valence-electron chi connectivity index (χ0n) is 24.1. The SMILES string of the molecule is CCCCCC(=O)/C(C#N)=C(/C#N)c1ccc(N(CC(CC)CC)CC(CC)CC)cc1NS(=O)(=O)C(F)(F)F. The number of hydrogen-bond donors (Lipinski definition) is 1. The molecule has 1 aromatic rings. The molecule has 0 saturated carbocycles. The Kier molecular flexibility index (Phi) is 14.2. The van der Waals surface area contributed by atoms with Gasteiger partial charge in [-0.05, 0) is 36.5 Å². The zero-order valence-corrected chi connectivity index (χ0v) is 24.9. The largest absolute Gasteiger partial charge is 0.516 e. The van der Waals surface area contributed by atoms with Crippen molar-refractivity contribution < 1.29 is 26.4 Å². The lowest BCUT2D eigenvalue weighted by Gasteiger charge is -2.32. The van der Waals surface area contributed by atoms with Gasteiger partial charge in [0.05, 0.1) is 11.3 Å². The van der Waals surface area contributed by atoms with Crippen molar-refractivity contribution in [1.29, 1.82) is 10.5 Å². The number of halogens is 3. The van der Waals surface area contributed by atoms with E-state index in [1.54, 1.807) is 22.9 Å². The van der Waals surface area contributed by atoms with Gasteiger partial charge in [-0.25, -0.2) is 0 Å². The molecule has 0 aliphatic heterocycles. The summed E-state index contributed by atoms with van der Waals surface area (Å²) in [4.78, 5) is 14.8. The van der Waals surface area contributed by atoms with Crippen molar-refractivity contribution in [2.45, 2.75) is 91.5 Å². The molecule has 1 aromatic carbocycles. The Labute approximate surface area is 237 Å². The molecule has 0 fully saturated rings. The quantitative estimate of drug-likeness (QED) is 0.115. The number of carbonyl (C=O) groups excluding carboxylic acids is 1. The van der Waals surface area contributed by atoms with Crippen LogP contribution in [0.2, 0.25) is 0 Å². The summed E-state index contributed by atoms with van der Waals surface area (Å²) in [6.07, 6.45) is 5.54. The Bertz CT molecular complexity index is 1190. The highest BCUT2D eigenvalue weighted by Gasteiger charge is 2.46. The summed E-state index contributed by atoms with van der Waals surface area (Å²) in [7, 11) is -5.86. The monoisotopic (exact) mass is 582 g/mol. The van der Waals surface area contributed by atoms with Gasteiger partial charge in [-0.15, -0.1) is 0 Å². The van der Waals surface area contributed by atoms with Gasteiger partial charge in [0.1, 0.15) is 17.7 Å². The first-order valence-corrected chi connectivity index (χ1v) is 15.4. The molecule has 0 aromatic heterocycles. The zero-order chi connectivity index (χ0) is 30.5. The molecule has 7 nitrogen and oxygen atoms in total. The third kappa shape index (κ3) is 9.55. The molecule has 0 saturated heterocycles. The highest BCUT2D eigenvalue weighted by Crippen LogP contribution is 2.35. The number of carbonyl (C=O) groups is 1. The average Bonchev–Trinajstić information content (AvgIpc) is 2.91. The predicted octanol–water partition coefficient (Wildman–Crippen LogP) is 7.58. The van der Waals surface area contributed by atoms with Crippen LogP contribution in [0.3, 0.4) is 0 Å². The highest BCUT2D eigenvalue weighted by atomic mass is 32.2. The maximum atomic E-state index is 13.4. The molecule has 0 aliphatic rings. The maximum absolute atomic E-state index is 13.4. The van der Waals surface area contributed by atoms with Gasteiger partial charge in [-0.2, -0.15) is 32.1 Å². The third-order valence-corrected chi connectivity index (χ3v) is 8.31. The van der Waals surface area contributed by atoms with Crippen LogP contribution in [-0.2, 0) is 14.8 Å². The van der Waals surface area contributed by atoms with E-state index in [1.807, 2.05) is 11.8 Å². The number of hydrogen-bond acceptors (Lipinski definition) is 6. The lowest BCUT2D eigenvalue weighted by molar-refractivity contribution is -0.115. The Morgan fingerprint density at radius 3 is 1.93 bits per heavy atom. The fraction of sp³-hybridized carbons (Fsp3) is 0.621. The lowest BCUT2D eigenvalue weighted by Crippen LogP contribution is -2.34. The number of benzene rings is 1. The van der Waals surface area contributed by atoms with Crippen molar-refractivity contribution in [3.63, 3.8) is 0 Å². The van der Waals surface area contributed by atoms with E-state index in [2.05, 4.69) is 27.7 Å². The number of nitriles is 2. The molecule has 0 atom stereocenters. The first-order valence-electron chi connectivity index (χ1n) is 13.9. The second-order valence-electron chi connectivity index (χ2n) is 9.91. The summed E-state index contributed by atoms with van der Waals surface area (Å²) in [5.74, 6) is -0.0278. The molecule has 0 radical (unpaired) electrons. The molecular formula is C29H41F3N4O3S. The topological polar surface area (TPSA) is 114 Å². The standard InChI is InChI=1S/C29H41F3N4O3S/c1-6-11-12-13-28(37)26(18-34)25(17-33)24-15-14-23(16-27(24)35-40(38,39)29(30,31)32)36(19-21(7-2)8-3)20-22(9-4)10-5/h14-16,21-22,35H,6-13,19-20H2,1-5H3/b26-25-. The Balaban J connectivity index is 3.87. The maximum Gasteiger partial charge on any atom is 0.516 e. The molecule has 0 bridgehead atoms. The first kappa shape index (κ1) is 35.0. The van der Waals surface area contributed by atoms with Crippen LogP contribution >= 0.6 is 0 Å². The lowest BCUT2D eigenvalue weighted by atomic mass is 9.94. The summed E-state index contributed by atoms with van der Waals surface area (Å²) in [6, 6.07) is 7.65. The van der Waals surface area contributed by atoms with Crippen molar-refractivity contribution in [3.05, 3.63) is 29.3 Å². The summed E-state index contributed by atoms with van der Waals surface area (Å²) in [6.45, 7) is 11.4. The van der Waals surface area contributed by atoms with Gasteiger partial charge in [0, 0.05) is 30.8 Å². The molecule has 0 amide bonds. The number of sulfonamides is 1. The normalized spacial score (nSPS) is 12.6. The molecular weight excluding hydrogens is 541 g/mol. The van der Waals surface area contributed by atoms with E-state index in [0.29, 0.717) is 37.0 Å². The van der Waals surface area contributed by atoms with E-state index < -0.39 is 38.1 Å². The highest BCUT2D eigenvalue weighted by molar-refractivity contribution is 7.93. The number of Topliss-reactive ketones (excluding diaryl/α,β-unsaturated/α-hetero) is 1. The van der Waals surface area contributed by atoms with Gasteiger partial charge in [-0.1, -0.05) is 73.1 Å². The van der Waals surface area contributed by atoms with E-state index in [0.717, 1.165) is 38.5 Å². The van der Waals surface area contributed by atoms with Crippen LogP contribution in [0, 0.1) is 34.5 Å². The van der Waals surface area contributed by atoms with Gasteiger partial charge in [0.25, 0.3) is 0 Å². The summed E-state index contributed by atoms with van der Waals surface area (Å²) in [5.41, 5.74) is -6.89. The van der Waals surface area contributed by atoms with Crippen LogP contribution in [-0.4, -0.2) is 32.8 Å². The van der Waals surface area contributed by atoms with Gasteiger partial charge in [0.15, 0.2) is 5.78 Å². The minimum Gasteiger partial charge on any atom is -0.371 e. The number of allylic oxidation sites excluding steroid dienone is 2. The van der Waals surface area contributed by atoms with Gasteiger partial charge < -0.3 is 4.90 Å². The number of nitrogens with zero attached hydrogens (tertiary/aromatic N) is 3. The molecule has 0 unspecified atom stereocenters. The van der Waals surface area contributed by atoms with Crippen molar-refractivity contribution in [1.82, 2.24) is 0 Å². The van der Waals surface area contributed by atoms with Gasteiger partial charge in [-0.3, -0.25) is 9.52 Å². The second kappa shape index (κ2) is 16.3. The van der Waals surface area contributed by atoms with Crippen molar-refractivity contribution >= 4 is 32.8 Å². The summed E-state index contributed by atoms with van der Waals surface area (Å²) >= 11 is 0.